The van der Waals surface area contributed by atoms with E-state index in [-0.39, 0.29) is 12.3 Å². The Morgan fingerprint density at radius 3 is 2.33 bits per heavy atom. The van der Waals surface area contributed by atoms with Gasteiger partial charge in [0.2, 0.25) is 10.0 Å². The smallest absolute Gasteiger partial charge is 0.218 e. The molecule has 0 atom stereocenters. The molecular weight excluding hydrogens is 288 g/mol. The third-order valence-electron chi connectivity index (χ3n) is 3.27. The van der Waals surface area contributed by atoms with Crippen LogP contribution in [-0.2, 0) is 28.9 Å². The van der Waals surface area contributed by atoms with E-state index < -0.39 is 10.0 Å². The van der Waals surface area contributed by atoms with Crippen molar-refractivity contribution >= 4 is 10.0 Å². The van der Waals surface area contributed by atoms with Gasteiger partial charge >= 0.3 is 0 Å². The number of nitrogens with two attached hydrogens (primary N) is 1. The van der Waals surface area contributed by atoms with Crippen LogP contribution in [0.5, 0.6) is 0 Å². The van der Waals surface area contributed by atoms with Gasteiger partial charge in [0, 0.05) is 13.1 Å². The number of benzene rings is 1. The van der Waals surface area contributed by atoms with E-state index in [9.17, 15) is 8.42 Å². The molecule has 1 aromatic heterocycles. The van der Waals surface area contributed by atoms with Gasteiger partial charge in [-0.05, 0) is 23.3 Å². The van der Waals surface area contributed by atoms with Crippen molar-refractivity contribution in [2.45, 2.75) is 25.8 Å². The summed E-state index contributed by atoms with van der Waals surface area (Å²) in [7, 11) is -3.38. The van der Waals surface area contributed by atoms with Gasteiger partial charge in [-0.25, -0.2) is 8.42 Å². The second-order valence-corrected chi connectivity index (χ2v) is 6.75. The van der Waals surface area contributed by atoms with Gasteiger partial charge in [-0.1, -0.05) is 31.2 Å². The Balaban J connectivity index is 2.11. The van der Waals surface area contributed by atoms with Crippen LogP contribution in [0.4, 0.5) is 0 Å². The molecule has 1 heterocycles. The summed E-state index contributed by atoms with van der Waals surface area (Å²) in [5, 5.41) is 0. The molecule has 0 amide bonds. The fourth-order valence-corrected chi connectivity index (χ4v) is 3.57. The molecule has 2 rings (SSSR count). The Morgan fingerprint density at radius 2 is 1.81 bits per heavy atom. The Labute approximate surface area is 125 Å². The molecule has 0 aliphatic carbocycles. The predicted octanol–water partition coefficient (Wildman–Crippen LogP) is 2.09. The average Bonchev–Trinajstić information content (AvgIpc) is 2.98. The maximum atomic E-state index is 12.5. The highest BCUT2D eigenvalue weighted by molar-refractivity contribution is 7.88. The van der Waals surface area contributed by atoms with Gasteiger partial charge in [0.15, 0.2) is 0 Å². The molecule has 114 valence electrons. The minimum Gasteiger partial charge on any atom is -0.468 e. The van der Waals surface area contributed by atoms with Crippen LogP contribution in [0, 0.1) is 0 Å². The molecule has 0 aliphatic heterocycles. The lowest BCUT2D eigenvalue weighted by molar-refractivity contribution is 0.375. The molecule has 2 N–H and O–H groups in total. The van der Waals surface area contributed by atoms with Gasteiger partial charge in [-0.3, -0.25) is 0 Å². The molecule has 0 saturated heterocycles. The largest absolute Gasteiger partial charge is 0.468 e. The molecular formula is C15H20N2O3S. The first-order valence-electron chi connectivity index (χ1n) is 6.83. The summed E-state index contributed by atoms with van der Waals surface area (Å²) in [6.45, 7) is 2.93. The van der Waals surface area contributed by atoms with E-state index in [0.29, 0.717) is 18.8 Å². The fraction of sp³-hybridized carbons (Fsp3) is 0.333. The number of hydrogen-bond acceptors (Lipinski definition) is 4. The number of furan rings is 1. The second kappa shape index (κ2) is 6.89. The lowest BCUT2D eigenvalue weighted by Gasteiger charge is -2.19. The summed E-state index contributed by atoms with van der Waals surface area (Å²) >= 11 is 0. The minimum atomic E-state index is -3.38. The maximum absolute atomic E-state index is 12.5. The normalized spacial score (nSPS) is 12.0. The monoisotopic (exact) mass is 308 g/mol. The molecule has 6 heteroatoms. The van der Waals surface area contributed by atoms with E-state index >= 15 is 0 Å². The van der Waals surface area contributed by atoms with Crippen molar-refractivity contribution in [3.8, 4) is 0 Å². The molecule has 0 saturated carbocycles. The zero-order valence-corrected chi connectivity index (χ0v) is 12.8. The van der Waals surface area contributed by atoms with Crippen LogP contribution in [0.2, 0.25) is 0 Å². The van der Waals surface area contributed by atoms with Crippen LogP contribution in [0.3, 0.4) is 0 Å². The summed E-state index contributed by atoms with van der Waals surface area (Å²) in [5.41, 5.74) is 7.28. The molecule has 0 bridgehead atoms. The average molecular weight is 308 g/mol. The van der Waals surface area contributed by atoms with Crippen molar-refractivity contribution in [3.63, 3.8) is 0 Å². The third-order valence-corrected chi connectivity index (χ3v) is 5.14. The van der Waals surface area contributed by atoms with E-state index in [0.717, 1.165) is 11.1 Å². The molecule has 0 fully saturated rings. The molecule has 0 aliphatic rings. The van der Waals surface area contributed by atoms with E-state index in [1.165, 1.54) is 4.31 Å². The molecule has 0 radical (unpaired) electrons. The molecule has 5 nitrogen and oxygen atoms in total. The van der Waals surface area contributed by atoms with Gasteiger partial charge in [0.1, 0.15) is 5.76 Å². The standard InChI is InChI=1S/C15H20N2O3S/c1-2-17(11-15-4-3-9-20-15)21(18,19)12-14-7-5-13(10-16)6-8-14/h3-9H,2,10-12,16H2,1H3. The molecule has 2 aromatic rings. The lowest BCUT2D eigenvalue weighted by atomic mass is 10.1. The van der Waals surface area contributed by atoms with Crippen molar-refractivity contribution < 1.29 is 12.8 Å². The van der Waals surface area contributed by atoms with E-state index in [4.69, 9.17) is 10.2 Å². The Kier molecular flexibility index (Phi) is 5.17. The highest BCUT2D eigenvalue weighted by Crippen LogP contribution is 2.15. The van der Waals surface area contributed by atoms with E-state index in [1.807, 2.05) is 19.1 Å². The zero-order valence-electron chi connectivity index (χ0n) is 12.0. The van der Waals surface area contributed by atoms with Crippen molar-refractivity contribution in [3.05, 3.63) is 59.5 Å². The topological polar surface area (TPSA) is 76.5 Å². The van der Waals surface area contributed by atoms with Crippen LogP contribution in [-0.4, -0.2) is 19.3 Å². The molecule has 0 spiro atoms. The van der Waals surface area contributed by atoms with Crippen LogP contribution in [0.25, 0.3) is 0 Å². The molecule has 21 heavy (non-hydrogen) atoms. The Morgan fingerprint density at radius 1 is 1.14 bits per heavy atom. The predicted molar refractivity (Wildman–Crippen MR) is 81.7 cm³/mol. The van der Waals surface area contributed by atoms with Gasteiger partial charge in [0.05, 0.1) is 18.6 Å². The number of sulfonamides is 1. The third kappa shape index (κ3) is 4.17. The van der Waals surface area contributed by atoms with E-state index in [2.05, 4.69) is 0 Å². The summed E-state index contributed by atoms with van der Waals surface area (Å²) in [5.74, 6) is 0.616. The SMILES string of the molecule is CCN(Cc1ccco1)S(=O)(=O)Cc1ccc(CN)cc1. The first kappa shape index (κ1) is 15.8. The summed E-state index contributed by atoms with van der Waals surface area (Å²) in [6, 6.07) is 10.8. The van der Waals surface area contributed by atoms with Crippen LogP contribution in [0.15, 0.2) is 47.1 Å². The first-order chi connectivity index (χ1) is 10.0. The molecule has 1 aromatic carbocycles. The first-order valence-corrected chi connectivity index (χ1v) is 8.44. The number of rotatable bonds is 7. The van der Waals surface area contributed by atoms with Crippen LogP contribution in [0.1, 0.15) is 23.8 Å². The molecule has 0 unspecified atom stereocenters. The fourth-order valence-electron chi connectivity index (χ4n) is 2.06. The van der Waals surface area contributed by atoms with Gasteiger partial charge in [0.25, 0.3) is 0 Å². The summed E-state index contributed by atoms with van der Waals surface area (Å²) in [4.78, 5) is 0. The van der Waals surface area contributed by atoms with E-state index in [1.54, 1.807) is 30.5 Å². The zero-order chi connectivity index (χ0) is 15.3. The number of nitrogens with zero attached hydrogens (tertiary/aromatic N) is 1. The maximum Gasteiger partial charge on any atom is 0.218 e. The minimum absolute atomic E-state index is 0.0214. The van der Waals surface area contributed by atoms with Crippen LogP contribution >= 0.6 is 0 Å². The van der Waals surface area contributed by atoms with Crippen LogP contribution < -0.4 is 5.73 Å². The Hall–Kier alpha value is -1.63. The van der Waals surface area contributed by atoms with Crippen molar-refractivity contribution in [1.29, 1.82) is 0 Å². The highest BCUT2D eigenvalue weighted by Gasteiger charge is 2.22. The van der Waals surface area contributed by atoms with Crippen molar-refractivity contribution in [2.75, 3.05) is 6.54 Å². The van der Waals surface area contributed by atoms with Gasteiger partial charge < -0.3 is 10.2 Å². The summed E-state index contributed by atoms with van der Waals surface area (Å²) < 4.78 is 31.6. The van der Waals surface area contributed by atoms with Crippen molar-refractivity contribution in [1.82, 2.24) is 4.31 Å². The summed E-state index contributed by atoms with van der Waals surface area (Å²) in [6.07, 6.45) is 1.54. The Bertz CT molecular complexity index is 649. The lowest BCUT2D eigenvalue weighted by Crippen LogP contribution is -2.31. The number of hydrogen-bond donors (Lipinski definition) is 1. The van der Waals surface area contributed by atoms with Crippen molar-refractivity contribution in [2.24, 2.45) is 5.73 Å². The highest BCUT2D eigenvalue weighted by atomic mass is 32.2. The van der Waals surface area contributed by atoms with Gasteiger partial charge in [-0.2, -0.15) is 4.31 Å². The van der Waals surface area contributed by atoms with Gasteiger partial charge in [-0.15, -0.1) is 0 Å². The second-order valence-electron chi connectivity index (χ2n) is 4.78. The quantitative estimate of drug-likeness (QED) is 0.849.